The lowest BCUT2D eigenvalue weighted by atomic mass is 10.0. The van der Waals surface area contributed by atoms with E-state index in [2.05, 4.69) is 31.0 Å². The average molecular weight is 442 g/mol. The molecule has 0 aliphatic heterocycles. The van der Waals surface area contributed by atoms with E-state index in [0.29, 0.717) is 41.3 Å². The number of methoxy groups -OCH3 is 1. The predicted molar refractivity (Wildman–Crippen MR) is 129 cm³/mol. The van der Waals surface area contributed by atoms with Crippen LogP contribution in [0.15, 0.2) is 64.8 Å². The number of nitrogens with zero attached hydrogens (tertiary/aromatic N) is 5. The molecule has 0 aliphatic rings. The molecule has 5 rings (SSSR count). The lowest BCUT2D eigenvalue weighted by molar-refractivity contribution is -0.357. The summed E-state index contributed by atoms with van der Waals surface area (Å²) in [5, 5.41) is 5.15. The molecule has 0 unspecified atom stereocenters. The lowest BCUT2D eigenvalue weighted by Crippen LogP contribution is -2.28. The number of aromatic nitrogens is 5. The van der Waals surface area contributed by atoms with E-state index in [1.54, 1.807) is 28.9 Å². The van der Waals surface area contributed by atoms with Gasteiger partial charge in [-0.25, -0.2) is 24.3 Å². The number of H-pyrrole nitrogens is 1. The van der Waals surface area contributed by atoms with Gasteiger partial charge in [-0.3, -0.25) is 0 Å². The van der Waals surface area contributed by atoms with Crippen molar-refractivity contribution in [2.24, 2.45) is 5.10 Å². The Morgan fingerprint density at radius 1 is 1.09 bits per heavy atom. The van der Waals surface area contributed by atoms with Gasteiger partial charge in [-0.2, -0.15) is 0 Å². The number of benzene rings is 2. The third-order valence-electron chi connectivity index (χ3n) is 5.73. The van der Waals surface area contributed by atoms with Crippen LogP contribution in [0, 0.1) is 0 Å². The van der Waals surface area contributed by atoms with E-state index in [9.17, 15) is 4.79 Å². The highest BCUT2D eigenvalue weighted by atomic mass is 16.5. The van der Waals surface area contributed by atoms with Gasteiger partial charge in [0.2, 0.25) is 5.65 Å². The van der Waals surface area contributed by atoms with Gasteiger partial charge in [0.05, 0.1) is 30.4 Å². The molecule has 0 radical (unpaired) electrons. The van der Waals surface area contributed by atoms with Gasteiger partial charge >= 0.3 is 5.56 Å². The second-order valence-corrected chi connectivity index (χ2v) is 8.25. The summed E-state index contributed by atoms with van der Waals surface area (Å²) in [7, 11) is 1.61. The Morgan fingerprint density at radius 3 is 2.52 bits per heavy atom. The van der Waals surface area contributed by atoms with E-state index in [0.717, 1.165) is 16.6 Å². The third kappa shape index (κ3) is 3.78. The van der Waals surface area contributed by atoms with Gasteiger partial charge in [-0.05, 0) is 29.2 Å². The van der Waals surface area contributed by atoms with Crippen LogP contribution in [0.2, 0.25) is 0 Å². The van der Waals surface area contributed by atoms with E-state index in [1.807, 2.05) is 36.4 Å². The number of hydrogen-bond donors (Lipinski definition) is 0. The maximum Gasteiger partial charge on any atom is 0.322 e. The minimum Gasteiger partial charge on any atom is -0.381 e. The zero-order chi connectivity index (χ0) is 22.9. The van der Waals surface area contributed by atoms with Crippen LogP contribution in [0.3, 0.4) is 0 Å². The summed E-state index contributed by atoms with van der Waals surface area (Å²) in [5.74, 6) is 0.465. The van der Waals surface area contributed by atoms with E-state index < -0.39 is 0 Å². The molecule has 0 amide bonds. The maximum absolute atomic E-state index is 13.3. The lowest BCUT2D eigenvalue weighted by Gasteiger charge is -2.04. The number of fused-ring (bicyclic) bond motifs is 4. The molecule has 0 aliphatic carbocycles. The van der Waals surface area contributed by atoms with Crippen molar-refractivity contribution in [3.63, 3.8) is 0 Å². The molecule has 166 valence electrons. The molecule has 8 heteroatoms. The Kier molecular flexibility index (Phi) is 5.43. The minimum absolute atomic E-state index is 0.161. The molecule has 0 atom stereocenters. The molecule has 0 bridgehead atoms. The maximum atomic E-state index is 13.3. The van der Waals surface area contributed by atoms with Crippen molar-refractivity contribution in [2.45, 2.75) is 26.3 Å². The molecular formula is C25H25N6O2+. The molecule has 1 N–H and O–H groups in total. The summed E-state index contributed by atoms with van der Waals surface area (Å²) in [6, 6.07) is 15.9. The summed E-state index contributed by atoms with van der Waals surface area (Å²) in [5.41, 5.74) is 5.12. The highest BCUT2D eigenvalue weighted by Crippen LogP contribution is 2.24. The molecule has 8 nitrogen and oxygen atoms in total. The third-order valence-corrected chi connectivity index (χ3v) is 5.73. The number of para-hydroxylation sites is 2. The smallest absolute Gasteiger partial charge is 0.322 e. The van der Waals surface area contributed by atoms with E-state index in [-0.39, 0.29) is 5.56 Å². The standard InChI is InChI=1S/C25H24N6O2/c1-16(2)18-10-8-17(9-11-18)14-27-31-23-21(25(32)30(15-26-23)12-13-33-3)22-24(31)29-20-7-5-4-6-19(20)28-22/h4-11,14-16H,12-13H2,1-3H3/p+1. The quantitative estimate of drug-likeness (QED) is 0.378. The first-order valence-corrected chi connectivity index (χ1v) is 10.9. The van der Waals surface area contributed by atoms with Gasteiger partial charge in [0.15, 0.2) is 11.7 Å². The Bertz CT molecular complexity index is 1550. The van der Waals surface area contributed by atoms with Crippen molar-refractivity contribution in [3.05, 3.63) is 76.3 Å². The van der Waals surface area contributed by atoms with Crippen LogP contribution in [0.4, 0.5) is 0 Å². The van der Waals surface area contributed by atoms with Crippen molar-refractivity contribution in [2.75, 3.05) is 13.7 Å². The fraction of sp³-hybridized carbons (Fsp3) is 0.240. The molecule has 0 saturated carbocycles. The minimum atomic E-state index is -0.161. The van der Waals surface area contributed by atoms with E-state index in [4.69, 9.17) is 19.8 Å². The van der Waals surface area contributed by atoms with Crippen LogP contribution < -0.4 is 10.5 Å². The van der Waals surface area contributed by atoms with Crippen LogP contribution in [0.5, 0.6) is 0 Å². The second-order valence-electron chi connectivity index (χ2n) is 8.25. The fourth-order valence-corrected chi connectivity index (χ4v) is 3.87. The Labute approximate surface area is 190 Å². The molecule has 0 saturated heterocycles. The van der Waals surface area contributed by atoms with Gasteiger partial charge in [-0.15, -0.1) is 9.78 Å². The van der Waals surface area contributed by atoms with Crippen LogP contribution in [0.25, 0.3) is 33.2 Å². The van der Waals surface area contributed by atoms with Gasteiger partial charge in [-0.1, -0.05) is 50.2 Å². The summed E-state index contributed by atoms with van der Waals surface area (Å²) >= 11 is 0. The first-order chi connectivity index (χ1) is 16.1. The molecule has 2 aromatic carbocycles. The summed E-state index contributed by atoms with van der Waals surface area (Å²) in [6.45, 7) is 5.19. The second kappa shape index (κ2) is 8.55. The molecule has 3 aromatic heterocycles. The van der Waals surface area contributed by atoms with Crippen molar-refractivity contribution in [3.8, 4) is 0 Å². The van der Waals surface area contributed by atoms with Crippen molar-refractivity contribution < 1.29 is 9.72 Å². The van der Waals surface area contributed by atoms with Crippen molar-refractivity contribution in [1.82, 2.24) is 19.2 Å². The van der Waals surface area contributed by atoms with Crippen LogP contribution >= 0.6 is 0 Å². The highest BCUT2D eigenvalue weighted by molar-refractivity contribution is 6.03. The van der Waals surface area contributed by atoms with Gasteiger partial charge in [0.25, 0.3) is 5.65 Å². The normalized spacial score (nSPS) is 12.1. The number of aromatic amines is 1. The first-order valence-electron chi connectivity index (χ1n) is 10.9. The predicted octanol–water partition coefficient (Wildman–Crippen LogP) is 3.37. The van der Waals surface area contributed by atoms with Gasteiger partial charge in [0.1, 0.15) is 5.52 Å². The van der Waals surface area contributed by atoms with Crippen LogP contribution in [-0.4, -0.2) is 39.1 Å². The average Bonchev–Trinajstić information content (AvgIpc) is 3.14. The Morgan fingerprint density at radius 2 is 1.82 bits per heavy atom. The van der Waals surface area contributed by atoms with E-state index >= 15 is 0 Å². The van der Waals surface area contributed by atoms with Gasteiger partial charge < -0.3 is 4.74 Å². The Balaban J connectivity index is 1.72. The summed E-state index contributed by atoms with van der Waals surface area (Å²) in [6.07, 6.45) is 3.41. The van der Waals surface area contributed by atoms with Gasteiger partial charge in [0, 0.05) is 7.11 Å². The molecule has 33 heavy (non-hydrogen) atoms. The SMILES string of the molecule is COCCn1c[nH+]c2c(c1=O)c1nc3ccccc3nc1n2N=Cc1ccc(C(C)C)cc1. The summed E-state index contributed by atoms with van der Waals surface area (Å²) < 4.78 is 8.38. The fourth-order valence-electron chi connectivity index (χ4n) is 3.87. The zero-order valence-corrected chi connectivity index (χ0v) is 18.8. The Hall–Kier alpha value is -3.91. The highest BCUT2D eigenvalue weighted by Gasteiger charge is 2.24. The van der Waals surface area contributed by atoms with E-state index in [1.165, 1.54) is 5.56 Å². The summed E-state index contributed by atoms with van der Waals surface area (Å²) in [4.78, 5) is 26.1. The van der Waals surface area contributed by atoms with Crippen LogP contribution in [0.1, 0.15) is 30.9 Å². The number of nitrogens with one attached hydrogen (secondary N) is 1. The first kappa shape index (κ1) is 21.0. The van der Waals surface area contributed by atoms with Crippen LogP contribution in [-0.2, 0) is 11.3 Å². The topological polar surface area (TPSA) is 88.4 Å². The molecular weight excluding hydrogens is 416 g/mol. The molecule has 0 spiro atoms. The monoisotopic (exact) mass is 441 g/mol. The van der Waals surface area contributed by atoms with Crippen molar-refractivity contribution >= 4 is 39.4 Å². The number of rotatable bonds is 6. The number of hydrogen-bond acceptors (Lipinski definition) is 5. The molecule has 0 fully saturated rings. The largest absolute Gasteiger partial charge is 0.381 e. The molecule has 5 aromatic rings. The zero-order valence-electron chi connectivity index (χ0n) is 18.8. The number of ether oxygens (including phenoxy) is 1. The molecule has 3 heterocycles. The van der Waals surface area contributed by atoms with Crippen molar-refractivity contribution in [1.29, 1.82) is 0 Å².